The summed E-state index contributed by atoms with van der Waals surface area (Å²) in [5.74, 6) is 0. The standard InChI is InChI=1S/C11H18O3S/c1-11(12,10(13-2)14-3)6-4-9-5-7-15-8-9/h5,7-8,10,12H,4,6H2,1-3H3. The Morgan fingerprint density at radius 3 is 2.60 bits per heavy atom. The molecule has 3 nitrogen and oxygen atoms in total. The molecule has 0 aliphatic carbocycles. The number of hydrogen-bond donors (Lipinski definition) is 1. The van der Waals surface area contributed by atoms with Crippen LogP contribution in [0.4, 0.5) is 0 Å². The van der Waals surface area contributed by atoms with Gasteiger partial charge < -0.3 is 14.6 Å². The summed E-state index contributed by atoms with van der Waals surface area (Å²) < 4.78 is 10.1. The largest absolute Gasteiger partial charge is 0.385 e. The summed E-state index contributed by atoms with van der Waals surface area (Å²) in [4.78, 5) is 0. The van der Waals surface area contributed by atoms with E-state index in [0.717, 1.165) is 6.42 Å². The van der Waals surface area contributed by atoms with Gasteiger partial charge in [-0.25, -0.2) is 0 Å². The normalized spacial score (nSPS) is 15.5. The molecule has 0 spiro atoms. The zero-order chi connectivity index (χ0) is 11.3. The van der Waals surface area contributed by atoms with E-state index in [9.17, 15) is 5.11 Å². The fraction of sp³-hybridized carbons (Fsp3) is 0.636. The average Bonchev–Trinajstić information content (AvgIpc) is 2.69. The van der Waals surface area contributed by atoms with Gasteiger partial charge in [0.15, 0.2) is 6.29 Å². The first-order chi connectivity index (χ1) is 7.10. The third kappa shape index (κ3) is 3.57. The van der Waals surface area contributed by atoms with Gasteiger partial charge in [-0.2, -0.15) is 11.3 Å². The quantitative estimate of drug-likeness (QED) is 0.760. The number of aryl methyl sites for hydroxylation is 1. The van der Waals surface area contributed by atoms with Crippen molar-refractivity contribution < 1.29 is 14.6 Å². The number of ether oxygens (including phenoxy) is 2. The molecule has 15 heavy (non-hydrogen) atoms. The van der Waals surface area contributed by atoms with Crippen LogP contribution in [0.2, 0.25) is 0 Å². The number of hydrogen-bond acceptors (Lipinski definition) is 4. The highest BCUT2D eigenvalue weighted by molar-refractivity contribution is 7.07. The van der Waals surface area contributed by atoms with Gasteiger partial charge in [0.05, 0.1) is 0 Å². The van der Waals surface area contributed by atoms with Crippen molar-refractivity contribution >= 4 is 11.3 Å². The molecular formula is C11H18O3S. The van der Waals surface area contributed by atoms with Crippen LogP contribution in [-0.2, 0) is 15.9 Å². The molecule has 1 N–H and O–H groups in total. The van der Waals surface area contributed by atoms with E-state index in [0.29, 0.717) is 6.42 Å². The zero-order valence-electron chi connectivity index (χ0n) is 9.40. The third-order valence-electron chi connectivity index (χ3n) is 2.44. The van der Waals surface area contributed by atoms with Crippen LogP contribution in [0.3, 0.4) is 0 Å². The van der Waals surface area contributed by atoms with Crippen molar-refractivity contribution in [2.45, 2.75) is 31.7 Å². The van der Waals surface area contributed by atoms with E-state index in [1.54, 1.807) is 18.3 Å². The second kappa shape index (κ2) is 5.61. The average molecular weight is 230 g/mol. The Bertz CT molecular complexity index is 265. The summed E-state index contributed by atoms with van der Waals surface area (Å²) >= 11 is 1.67. The minimum atomic E-state index is -0.953. The number of methoxy groups -OCH3 is 2. The molecule has 1 aromatic heterocycles. The van der Waals surface area contributed by atoms with E-state index in [2.05, 4.69) is 11.4 Å². The Morgan fingerprint density at radius 2 is 2.13 bits per heavy atom. The first-order valence-corrected chi connectivity index (χ1v) is 5.83. The first kappa shape index (κ1) is 12.6. The second-order valence-electron chi connectivity index (χ2n) is 3.79. The Labute approximate surface area is 94.6 Å². The van der Waals surface area contributed by atoms with Crippen LogP contribution in [0.15, 0.2) is 16.8 Å². The van der Waals surface area contributed by atoms with E-state index >= 15 is 0 Å². The van der Waals surface area contributed by atoms with Gasteiger partial charge in [0.1, 0.15) is 5.60 Å². The van der Waals surface area contributed by atoms with Crippen molar-refractivity contribution in [3.05, 3.63) is 22.4 Å². The fourth-order valence-corrected chi connectivity index (χ4v) is 2.26. The third-order valence-corrected chi connectivity index (χ3v) is 3.17. The molecule has 0 amide bonds. The molecule has 0 fully saturated rings. The van der Waals surface area contributed by atoms with Crippen molar-refractivity contribution in [2.75, 3.05) is 14.2 Å². The summed E-state index contributed by atoms with van der Waals surface area (Å²) in [5.41, 5.74) is 0.289. The summed E-state index contributed by atoms with van der Waals surface area (Å²) in [7, 11) is 3.07. The predicted octanol–water partition coefficient (Wildman–Crippen LogP) is 2.05. The first-order valence-electron chi connectivity index (χ1n) is 4.89. The minimum Gasteiger partial charge on any atom is -0.385 e. The molecule has 1 heterocycles. The van der Waals surface area contributed by atoms with Crippen molar-refractivity contribution in [1.82, 2.24) is 0 Å². The van der Waals surface area contributed by atoms with Gasteiger partial charge in [-0.05, 0) is 42.2 Å². The maximum atomic E-state index is 10.1. The molecule has 1 unspecified atom stereocenters. The van der Waals surface area contributed by atoms with E-state index in [4.69, 9.17) is 9.47 Å². The zero-order valence-corrected chi connectivity index (χ0v) is 10.2. The maximum absolute atomic E-state index is 10.1. The van der Waals surface area contributed by atoms with Crippen LogP contribution in [0, 0.1) is 0 Å². The lowest BCUT2D eigenvalue weighted by atomic mass is 9.97. The highest BCUT2D eigenvalue weighted by atomic mass is 32.1. The lowest BCUT2D eigenvalue weighted by molar-refractivity contribution is -0.210. The summed E-state index contributed by atoms with van der Waals surface area (Å²) in [6, 6.07) is 2.06. The molecule has 0 bridgehead atoms. The Morgan fingerprint density at radius 1 is 1.47 bits per heavy atom. The van der Waals surface area contributed by atoms with E-state index < -0.39 is 11.9 Å². The van der Waals surface area contributed by atoms with E-state index in [1.807, 2.05) is 5.38 Å². The SMILES string of the molecule is COC(OC)C(C)(O)CCc1ccsc1. The van der Waals surface area contributed by atoms with Gasteiger partial charge in [-0.15, -0.1) is 0 Å². The lowest BCUT2D eigenvalue weighted by Gasteiger charge is -2.30. The topological polar surface area (TPSA) is 38.7 Å². The van der Waals surface area contributed by atoms with Crippen LogP contribution >= 0.6 is 11.3 Å². The van der Waals surface area contributed by atoms with Crippen LogP contribution in [-0.4, -0.2) is 31.2 Å². The molecule has 0 radical (unpaired) electrons. The van der Waals surface area contributed by atoms with Crippen LogP contribution in [0.5, 0.6) is 0 Å². The molecule has 0 aliphatic rings. The highest BCUT2D eigenvalue weighted by Gasteiger charge is 2.31. The fourth-order valence-electron chi connectivity index (χ4n) is 1.55. The van der Waals surface area contributed by atoms with Crippen molar-refractivity contribution in [3.8, 4) is 0 Å². The summed E-state index contributed by atoms with van der Waals surface area (Å²) in [6.45, 7) is 1.73. The molecule has 1 rings (SSSR count). The van der Waals surface area contributed by atoms with Gasteiger partial charge in [-0.1, -0.05) is 0 Å². The van der Waals surface area contributed by atoms with Gasteiger partial charge in [0, 0.05) is 14.2 Å². The minimum absolute atomic E-state index is 0.573. The summed E-state index contributed by atoms with van der Waals surface area (Å²) in [6.07, 6.45) is 0.881. The van der Waals surface area contributed by atoms with Crippen molar-refractivity contribution in [1.29, 1.82) is 0 Å². The van der Waals surface area contributed by atoms with E-state index in [-0.39, 0.29) is 0 Å². The Kier molecular flexibility index (Phi) is 4.73. The number of thiophene rings is 1. The smallest absolute Gasteiger partial charge is 0.185 e. The van der Waals surface area contributed by atoms with Gasteiger partial charge in [0.2, 0.25) is 0 Å². The molecule has 0 saturated carbocycles. The number of rotatable bonds is 6. The highest BCUT2D eigenvalue weighted by Crippen LogP contribution is 2.21. The molecule has 1 aromatic rings. The Balaban J connectivity index is 2.48. The molecule has 86 valence electrons. The van der Waals surface area contributed by atoms with Gasteiger partial charge in [0.25, 0.3) is 0 Å². The van der Waals surface area contributed by atoms with Crippen molar-refractivity contribution in [3.63, 3.8) is 0 Å². The molecule has 1 atom stereocenters. The predicted molar refractivity (Wildman–Crippen MR) is 61.1 cm³/mol. The maximum Gasteiger partial charge on any atom is 0.185 e. The summed E-state index contributed by atoms with van der Waals surface area (Å²) in [5, 5.41) is 14.3. The molecular weight excluding hydrogens is 212 g/mol. The lowest BCUT2D eigenvalue weighted by Crippen LogP contribution is -2.42. The van der Waals surface area contributed by atoms with Crippen LogP contribution in [0.1, 0.15) is 18.9 Å². The van der Waals surface area contributed by atoms with Crippen LogP contribution < -0.4 is 0 Å². The van der Waals surface area contributed by atoms with Gasteiger partial charge in [-0.3, -0.25) is 0 Å². The molecule has 0 saturated heterocycles. The van der Waals surface area contributed by atoms with E-state index in [1.165, 1.54) is 19.8 Å². The van der Waals surface area contributed by atoms with Gasteiger partial charge >= 0.3 is 0 Å². The Hall–Kier alpha value is -0.420. The molecule has 0 aliphatic heterocycles. The second-order valence-corrected chi connectivity index (χ2v) is 4.57. The van der Waals surface area contributed by atoms with Crippen LogP contribution in [0.25, 0.3) is 0 Å². The molecule has 0 aromatic carbocycles. The molecule has 4 heteroatoms. The number of aliphatic hydroxyl groups is 1. The monoisotopic (exact) mass is 230 g/mol. The van der Waals surface area contributed by atoms with Crippen molar-refractivity contribution in [2.24, 2.45) is 0 Å².